The summed E-state index contributed by atoms with van der Waals surface area (Å²) in [6, 6.07) is 7.31. The first-order chi connectivity index (χ1) is 16.3. The number of aromatic nitrogens is 2. The third kappa shape index (κ3) is 6.37. The van der Waals surface area contributed by atoms with Crippen molar-refractivity contribution in [3.8, 4) is 5.75 Å². The second kappa shape index (κ2) is 11.7. The summed E-state index contributed by atoms with van der Waals surface area (Å²) in [4.78, 5) is 22.7. The zero-order valence-corrected chi connectivity index (χ0v) is 19.6. The maximum absolute atomic E-state index is 14.4. The number of hydrogen-bond acceptors (Lipinski definition) is 7. The Labute approximate surface area is 200 Å². The molecule has 0 saturated heterocycles. The summed E-state index contributed by atoms with van der Waals surface area (Å²) in [5.41, 5.74) is 1.24. The van der Waals surface area contributed by atoms with Crippen molar-refractivity contribution in [1.29, 1.82) is 0 Å². The fourth-order valence-electron chi connectivity index (χ4n) is 3.01. The van der Waals surface area contributed by atoms with E-state index < -0.39 is 17.6 Å². The average molecular weight is 492 g/mol. The quantitative estimate of drug-likeness (QED) is 0.402. The predicted octanol–water partition coefficient (Wildman–Crippen LogP) is 4.54. The highest BCUT2D eigenvalue weighted by Gasteiger charge is 2.16. The lowest BCUT2D eigenvalue weighted by Crippen LogP contribution is -2.23. The van der Waals surface area contributed by atoms with Gasteiger partial charge in [0, 0.05) is 37.3 Å². The van der Waals surface area contributed by atoms with E-state index in [1.165, 1.54) is 37.7 Å². The maximum Gasteiger partial charge on any atom is 0.284 e. The normalized spacial score (nSPS) is 11.7. The fourth-order valence-corrected chi connectivity index (χ4v) is 3.19. The minimum atomic E-state index is -0.935. The lowest BCUT2D eigenvalue weighted by molar-refractivity contribution is -0.114. The third-order valence-electron chi connectivity index (χ3n) is 4.86. The van der Waals surface area contributed by atoms with Crippen LogP contribution in [0.25, 0.3) is 10.9 Å². The van der Waals surface area contributed by atoms with E-state index in [1.807, 2.05) is 4.90 Å². The van der Waals surface area contributed by atoms with E-state index in [2.05, 4.69) is 20.6 Å². The number of carbonyl (C=O) groups is 1. The molecule has 0 saturated carbocycles. The number of ether oxygens (including phenoxy) is 2. The van der Waals surface area contributed by atoms with Gasteiger partial charge in [-0.05, 0) is 37.4 Å². The van der Waals surface area contributed by atoms with E-state index >= 15 is 0 Å². The summed E-state index contributed by atoms with van der Waals surface area (Å²) in [5, 5.41) is 6.04. The number of fused-ring (bicyclic) bond motifs is 1. The van der Waals surface area contributed by atoms with Crippen LogP contribution in [0.5, 0.6) is 5.75 Å². The molecule has 3 rings (SSSR count). The molecule has 1 heterocycles. The molecule has 34 heavy (non-hydrogen) atoms. The molecular weight excluding hydrogens is 468 g/mol. The van der Waals surface area contributed by atoms with Crippen molar-refractivity contribution >= 4 is 45.6 Å². The van der Waals surface area contributed by atoms with Crippen molar-refractivity contribution in [3.63, 3.8) is 0 Å². The first kappa shape index (κ1) is 25.3. The molecule has 0 bridgehead atoms. The molecular formula is C23H24ClF2N5O3. The van der Waals surface area contributed by atoms with Crippen molar-refractivity contribution in [2.24, 2.45) is 0 Å². The lowest BCUT2D eigenvalue weighted by atomic mass is 10.1. The number of nitrogens with zero attached hydrogens (tertiary/aromatic N) is 3. The van der Waals surface area contributed by atoms with E-state index in [0.29, 0.717) is 41.3 Å². The largest absolute Gasteiger partial charge is 0.494 e. The molecule has 0 aliphatic rings. The minimum absolute atomic E-state index is 0.0480. The Kier molecular flexibility index (Phi) is 8.69. The van der Waals surface area contributed by atoms with Crippen LogP contribution < -0.4 is 15.4 Å². The van der Waals surface area contributed by atoms with Crippen molar-refractivity contribution in [2.75, 3.05) is 51.6 Å². The number of carbonyl (C=O) groups excluding carboxylic acids is 1. The van der Waals surface area contributed by atoms with Crippen LogP contribution in [0.1, 0.15) is 0 Å². The minimum Gasteiger partial charge on any atom is -0.494 e. The van der Waals surface area contributed by atoms with Gasteiger partial charge in [0.1, 0.15) is 23.7 Å². The lowest BCUT2D eigenvalue weighted by Gasteiger charge is -2.14. The Hall–Kier alpha value is -3.34. The maximum atomic E-state index is 14.4. The highest BCUT2D eigenvalue weighted by atomic mass is 35.5. The van der Waals surface area contributed by atoms with Crippen molar-refractivity contribution in [3.05, 3.63) is 59.4 Å². The number of halogens is 3. The molecule has 0 aliphatic carbocycles. The zero-order chi connectivity index (χ0) is 24.7. The monoisotopic (exact) mass is 491 g/mol. The smallest absolute Gasteiger partial charge is 0.284 e. The Morgan fingerprint density at radius 2 is 2.03 bits per heavy atom. The molecule has 180 valence electrons. The Morgan fingerprint density at radius 3 is 2.74 bits per heavy atom. The van der Waals surface area contributed by atoms with Crippen LogP contribution in [0.2, 0.25) is 5.02 Å². The van der Waals surface area contributed by atoms with E-state index in [0.717, 1.165) is 0 Å². The topological polar surface area (TPSA) is 88.6 Å². The van der Waals surface area contributed by atoms with Gasteiger partial charge in [0.05, 0.1) is 29.9 Å². The molecule has 2 aromatic carbocycles. The number of hydrogen-bond donors (Lipinski definition) is 2. The molecule has 3 aromatic rings. The Bertz CT molecular complexity index is 1210. The summed E-state index contributed by atoms with van der Waals surface area (Å²) in [5.74, 6) is -1.74. The van der Waals surface area contributed by atoms with Crippen LogP contribution >= 0.6 is 11.6 Å². The highest BCUT2D eigenvalue weighted by Crippen LogP contribution is 2.33. The first-order valence-corrected chi connectivity index (χ1v) is 10.6. The Balaban J connectivity index is 1.86. The number of benzene rings is 2. The van der Waals surface area contributed by atoms with Gasteiger partial charge in [0.15, 0.2) is 5.83 Å². The van der Waals surface area contributed by atoms with Crippen LogP contribution in [0, 0.1) is 5.82 Å². The molecule has 1 amide bonds. The molecule has 0 fully saturated rings. The second-order valence-electron chi connectivity index (χ2n) is 7.31. The van der Waals surface area contributed by atoms with E-state index in [1.54, 1.807) is 26.3 Å². The van der Waals surface area contributed by atoms with Crippen LogP contribution in [0.4, 0.5) is 26.0 Å². The Morgan fingerprint density at radius 1 is 1.24 bits per heavy atom. The molecule has 8 nitrogen and oxygen atoms in total. The van der Waals surface area contributed by atoms with Crippen LogP contribution in [-0.2, 0) is 9.53 Å². The fraction of sp³-hybridized carbons (Fsp3) is 0.261. The summed E-state index contributed by atoms with van der Waals surface area (Å²) in [6.07, 6.45) is 2.53. The second-order valence-corrected chi connectivity index (χ2v) is 7.71. The van der Waals surface area contributed by atoms with Gasteiger partial charge in [-0.2, -0.15) is 0 Å². The molecule has 0 radical (unpaired) electrons. The molecule has 0 atom stereocenters. The van der Waals surface area contributed by atoms with E-state index in [9.17, 15) is 13.6 Å². The molecule has 11 heteroatoms. The number of nitrogens with one attached hydrogen (secondary N) is 2. The number of anilines is 3. The highest BCUT2D eigenvalue weighted by molar-refractivity contribution is 6.31. The molecule has 1 aromatic heterocycles. The number of likely N-dealkylation sites (N-methyl/N-ethyl adjacent to an activating group) is 1. The van der Waals surface area contributed by atoms with Crippen molar-refractivity contribution in [2.45, 2.75) is 0 Å². The average Bonchev–Trinajstić information content (AvgIpc) is 2.83. The van der Waals surface area contributed by atoms with Gasteiger partial charge in [-0.3, -0.25) is 4.79 Å². The summed E-state index contributed by atoms with van der Waals surface area (Å²) in [7, 11) is 4.79. The molecule has 2 N–H and O–H groups in total. The van der Waals surface area contributed by atoms with E-state index in [4.69, 9.17) is 21.1 Å². The first-order valence-electron chi connectivity index (χ1n) is 10.2. The van der Waals surface area contributed by atoms with Gasteiger partial charge in [-0.25, -0.2) is 18.7 Å². The van der Waals surface area contributed by atoms with Crippen molar-refractivity contribution in [1.82, 2.24) is 14.9 Å². The zero-order valence-electron chi connectivity index (χ0n) is 18.9. The number of amides is 1. The summed E-state index contributed by atoms with van der Waals surface area (Å²) in [6.45, 7) is 1.32. The summed E-state index contributed by atoms with van der Waals surface area (Å²) >= 11 is 5.86. The summed E-state index contributed by atoms with van der Waals surface area (Å²) < 4.78 is 38.2. The number of rotatable bonds is 10. The van der Waals surface area contributed by atoms with Gasteiger partial charge in [0.25, 0.3) is 5.91 Å². The van der Waals surface area contributed by atoms with Gasteiger partial charge in [-0.15, -0.1) is 0 Å². The van der Waals surface area contributed by atoms with Gasteiger partial charge < -0.3 is 25.0 Å². The molecule has 0 unspecified atom stereocenters. The molecule has 0 spiro atoms. The number of methoxy groups -OCH3 is 2. The van der Waals surface area contributed by atoms with Gasteiger partial charge in [0.2, 0.25) is 0 Å². The SMILES string of the molecule is COCCN(C)C/C=C(\F)C(=O)Nc1cc2c(Nc3ccc(F)c(Cl)c3)ncnc2cc1OC. The van der Waals surface area contributed by atoms with E-state index in [-0.39, 0.29) is 17.3 Å². The van der Waals surface area contributed by atoms with Crippen LogP contribution in [0.3, 0.4) is 0 Å². The van der Waals surface area contributed by atoms with Crippen LogP contribution in [-0.4, -0.2) is 61.7 Å². The third-order valence-corrected chi connectivity index (χ3v) is 5.15. The van der Waals surface area contributed by atoms with Gasteiger partial charge in [-0.1, -0.05) is 11.6 Å². The van der Waals surface area contributed by atoms with Crippen molar-refractivity contribution < 1.29 is 23.0 Å². The molecule has 0 aliphatic heterocycles. The standard InChI is InChI=1S/C23H24ClF2N5O3/c1-31(8-9-33-2)7-6-18(26)23(32)30-20-11-15-19(12-21(20)34-3)27-13-28-22(15)29-14-4-5-17(25)16(24)10-14/h4-6,10-13H,7-9H2,1-3H3,(H,30,32)(H,27,28,29)/b18-6-. The van der Waals surface area contributed by atoms with Crippen LogP contribution in [0.15, 0.2) is 48.6 Å². The van der Waals surface area contributed by atoms with Gasteiger partial charge >= 0.3 is 0 Å². The predicted molar refractivity (Wildman–Crippen MR) is 128 cm³/mol.